The Morgan fingerprint density at radius 1 is 0.867 bits per heavy atom. The van der Waals surface area contributed by atoms with Gasteiger partial charge in [-0.3, -0.25) is 4.79 Å². The lowest BCUT2D eigenvalue weighted by Gasteiger charge is -2.35. The van der Waals surface area contributed by atoms with Gasteiger partial charge in [0.1, 0.15) is 28.5 Å². The van der Waals surface area contributed by atoms with Crippen molar-refractivity contribution < 1.29 is 9.53 Å². The van der Waals surface area contributed by atoms with Crippen LogP contribution in [-0.4, -0.2) is 47.0 Å². The summed E-state index contributed by atoms with van der Waals surface area (Å²) >= 11 is 1.62. The Morgan fingerprint density at radius 2 is 1.60 bits per heavy atom. The Bertz CT molecular complexity index is 1150. The van der Waals surface area contributed by atoms with Crippen molar-refractivity contribution in [2.75, 3.05) is 31.1 Å². The first-order chi connectivity index (χ1) is 14.8. The Hall–Kier alpha value is -3.45. The van der Waals surface area contributed by atoms with Crippen LogP contribution in [0.5, 0.6) is 11.5 Å². The molecule has 1 saturated heterocycles. The van der Waals surface area contributed by atoms with Crippen LogP contribution in [0.4, 0.5) is 5.82 Å². The average Bonchev–Trinajstić information content (AvgIpc) is 3.29. The van der Waals surface area contributed by atoms with Gasteiger partial charge < -0.3 is 14.5 Å². The highest BCUT2D eigenvalue weighted by Crippen LogP contribution is 2.28. The van der Waals surface area contributed by atoms with Crippen molar-refractivity contribution in [1.82, 2.24) is 14.9 Å². The Kier molecular flexibility index (Phi) is 5.03. The van der Waals surface area contributed by atoms with Crippen LogP contribution in [0.25, 0.3) is 10.2 Å². The molecule has 0 unspecified atom stereocenters. The molecule has 0 radical (unpaired) electrons. The number of para-hydroxylation sites is 1. The maximum absolute atomic E-state index is 12.9. The number of hydrogen-bond donors (Lipinski definition) is 0. The fourth-order valence-electron chi connectivity index (χ4n) is 3.62. The largest absolute Gasteiger partial charge is 0.457 e. The number of thiophene rings is 1. The summed E-state index contributed by atoms with van der Waals surface area (Å²) in [6.07, 6.45) is 1.62. The highest BCUT2D eigenvalue weighted by Gasteiger charge is 2.24. The third kappa shape index (κ3) is 3.71. The van der Waals surface area contributed by atoms with E-state index in [-0.39, 0.29) is 5.91 Å². The fraction of sp³-hybridized carbons (Fsp3) is 0.174. The lowest BCUT2D eigenvalue weighted by atomic mass is 10.1. The first kappa shape index (κ1) is 18.6. The van der Waals surface area contributed by atoms with Gasteiger partial charge in [0.15, 0.2) is 0 Å². The second kappa shape index (κ2) is 8.12. The smallest absolute Gasteiger partial charge is 0.253 e. The maximum Gasteiger partial charge on any atom is 0.253 e. The molecule has 1 fully saturated rings. The number of hydrogen-bond acceptors (Lipinski definition) is 6. The van der Waals surface area contributed by atoms with Gasteiger partial charge in [-0.15, -0.1) is 11.3 Å². The number of anilines is 1. The zero-order valence-corrected chi connectivity index (χ0v) is 17.1. The zero-order valence-electron chi connectivity index (χ0n) is 16.3. The molecule has 0 spiro atoms. The molecule has 3 heterocycles. The average molecular weight is 417 g/mol. The van der Waals surface area contributed by atoms with Crippen molar-refractivity contribution in [3.05, 3.63) is 77.9 Å². The van der Waals surface area contributed by atoms with Crippen molar-refractivity contribution in [3.8, 4) is 11.5 Å². The van der Waals surface area contributed by atoms with Crippen LogP contribution in [0, 0.1) is 0 Å². The summed E-state index contributed by atoms with van der Waals surface area (Å²) in [4.78, 5) is 26.9. The number of piperazine rings is 1. The summed E-state index contributed by atoms with van der Waals surface area (Å²) < 4.78 is 5.81. The fourth-order valence-corrected chi connectivity index (χ4v) is 4.35. The monoisotopic (exact) mass is 416 g/mol. The molecule has 1 aliphatic rings. The minimum absolute atomic E-state index is 0.0456. The van der Waals surface area contributed by atoms with Gasteiger partial charge >= 0.3 is 0 Å². The van der Waals surface area contributed by atoms with Crippen LogP contribution >= 0.6 is 11.3 Å². The van der Waals surface area contributed by atoms with Gasteiger partial charge in [0.25, 0.3) is 5.91 Å². The van der Waals surface area contributed by atoms with Gasteiger partial charge in [0.05, 0.1) is 5.39 Å². The summed E-state index contributed by atoms with van der Waals surface area (Å²) in [6.45, 7) is 2.83. The number of rotatable bonds is 4. The summed E-state index contributed by atoms with van der Waals surface area (Å²) in [7, 11) is 0. The number of ether oxygens (including phenoxy) is 1. The summed E-state index contributed by atoms with van der Waals surface area (Å²) in [5.74, 6) is 2.49. The maximum atomic E-state index is 12.9. The van der Waals surface area contributed by atoms with E-state index in [2.05, 4.69) is 20.9 Å². The minimum atomic E-state index is 0.0456. The molecule has 0 saturated carbocycles. The van der Waals surface area contributed by atoms with Crippen LogP contribution in [0.2, 0.25) is 0 Å². The van der Waals surface area contributed by atoms with Crippen molar-refractivity contribution in [1.29, 1.82) is 0 Å². The normalized spacial score (nSPS) is 14.1. The van der Waals surface area contributed by atoms with Gasteiger partial charge in [-0.2, -0.15) is 0 Å². The molecule has 0 aliphatic carbocycles. The van der Waals surface area contributed by atoms with Crippen LogP contribution in [-0.2, 0) is 0 Å². The lowest BCUT2D eigenvalue weighted by molar-refractivity contribution is 0.0746. The van der Waals surface area contributed by atoms with E-state index in [1.54, 1.807) is 17.7 Å². The van der Waals surface area contributed by atoms with Gasteiger partial charge in [0.2, 0.25) is 0 Å². The number of aromatic nitrogens is 2. The third-order valence-corrected chi connectivity index (χ3v) is 6.01. The van der Waals surface area contributed by atoms with E-state index in [0.717, 1.165) is 34.9 Å². The summed E-state index contributed by atoms with van der Waals surface area (Å²) in [6, 6.07) is 19.0. The highest BCUT2D eigenvalue weighted by atomic mass is 32.1. The number of carbonyl (C=O) groups excluding carboxylic acids is 1. The van der Waals surface area contributed by atoms with E-state index in [1.807, 2.05) is 64.9 Å². The van der Waals surface area contributed by atoms with Crippen molar-refractivity contribution >= 4 is 33.3 Å². The predicted octanol–water partition coefficient (Wildman–Crippen LogP) is 4.45. The number of nitrogens with zero attached hydrogens (tertiary/aromatic N) is 4. The molecule has 4 aromatic rings. The number of fused-ring (bicyclic) bond motifs is 1. The summed E-state index contributed by atoms with van der Waals surface area (Å²) in [5, 5.41) is 3.12. The first-order valence-corrected chi connectivity index (χ1v) is 10.7. The molecule has 1 amide bonds. The van der Waals surface area contributed by atoms with Gasteiger partial charge in [-0.25, -0.2) is 9.97 Å². The molecular weight excluding hydrogens is 396 g/mol. The highest BCUT2D eigenvalue weighted by molar-refractivity contribution is 7.16. The van der Waals surface area contributed by atoms with Gasteiger partial charge in [-0.05, 0) is 47.8 Å². The zero-order chi connectivity index (χ0) is 20.3. The van der Waals surface area contributed by atoms with Crippen LogP contribution in [0.3, 0.4) is 0 Å². The topological polar surface area (TPSA) is 58.6 Å². The third-order valence-electron chi connectivity index (χ3n) is 5.19. The SMILES string of the molecule is O=C(c1ccc(Oc2ccccc2)cc1)N1CCN(c2ncnc3sccc23)CC1. The molecular formula is C23H20N4O2S. The minimum Gasteiger partial charge on any atom is -0.457 e. The van der Waals surface area contributed by atoms with E-state index in [9.17, 15) is 4.79 Å². The Morgan fingerprint density at radius 3 is 2.37 bits per heavy atom. The molecule has 1 aliphatic heterocycles. The van der Waals surface area contributed by atoms with E-state index in [1.165, 1.54) is 0 Å². The molecule has 7 heteroatoms. The van der Waals surface area contributed by atoms with Crippen LogP contribution in [0.1, 0.15) is 10.4 Å². The molecule has 0 N–H and O–H groups in total. The second-order valence-electron chi connectivity index (χ2n) is 7.06. The Balaban J connectivity index is 1.23. The van der Waals surface area contributed by atoms with Crippen molar-refractivity contribution in [3.63, 3.8) is 0 Å². The molecule has 6 nitrogen and oxygen atoms in total. The quantitative estimate of drug-likeness (QED) is 0.492. The molecule has 0 bridgehead atoms. The lowest BCUT2D eigenvalue weighted by Crippen LogP contribution is -2.49. The molecule has 2 aromatic heterocycles. The molecule has 30 heavy (non-hydrogen) atoms. The number of benzene rings is 2. The standard InChI is InChI=1S/C23H20N4O2S/c28-23(17-6-8-19(9-7-17)29-18-4-2-1-3-5-18)27-13-11-26(12-14-27)21-20-10-15-30-22(20)25-16-24-21/h1-10,15-16H,11-14H2. The molecule has 5 rings (SSSR count). The van der Waals surface area contributed by atoms with Gasteiger partial charge in [0, 0.05) is 31.7 Å². The Labute approximate surface area is 178 Å². The molecule has 0 atom stereocenters. The van der Waals surface area contributed by atoms with E-state index >= 15 is 0 Å². The van der Waals surface area contributed by atoms with Crippen LogP contribution in [0.15, 0.2) is 72.4 Å². The second-order valence-corrected chi connectivity index (χ2v) is 7.95. The molecule has 2 aromatic carbocycles. The molecule has 150 valence electrons. The number of amides is 1. The summed E-state index contributed by atoms with van der Waals surface area (Å²) in [5.41, 5.74) is 0.672. The van der Waals surface area contributed by atoms with Crippen molar-refractivity contribution in [2.45, 2.75) is 0 Å². The predicted molar refractivity (Wildman–Crippen MR) is 118 cm³/mol. The number of carbonyl (C=O) groups is 1. The van der Waals surface area contributed by atoms with E-state index in [4.69, 9.17) is 4.74 Å². The van der Waals surface area contributed by atoms with Gasteiger partial charge in [-0.1, -0.05) is 18.2 Å². The van der Waals surface area contributed by atoms with Crippen molar-refractivity contribution in [2.24, 2.45) is 0 Å². The van der Waals surface area contributed by atoms with Crippen LogP contribution < -0.4 is 9.64 Å². The van der Waals surface area contributed by atoms with E-state index < -0.39 is 0 Å². The first-order valence-electron chi connectivity index (χ1n) is 9.83. The van der Waals surface area contributed by atoms with E-state index in [0.29, 0.717) is 24.4 Å².